The Morgan fingerprint density at radius 3 is 1.90 bits per heavy atom. The second-order valence-electron chi connectivity index (χ2n) is 1.74. The monoisotopic (exact) mass is 304 g/mol. The molecule has 1 aromatic rings. The minimum atomic E-state index is 0. The molecule has 0 aliphatic carbocycles. The van der Waals surface area contributed by atoms with E-state index in [9.17, 15) is 0 Å². The van der Waals surface area contributed by atoms with Gasteiger partial charge in [-0.1, -0.05) is 35.9 Å². The average Bonchev–Trinajstić information content (AvgIpc) is 1.90. The number of hydrogen-bond donors (Lipinski definition) is 0. The van der Waals surface area contributed by atoms with E-state index in [-0.39, 0.29) is 28.5 Å². The molecule has 0 heterocycles. The third-order valence-electron chi connectivity index (χ3n) is 1.13. The molecule has 0 nitrogen and oxygen atoms in total. The molecule has 0 bridgehead atoms. The molecule has 1 heteroatoms. The van der Waals surface area contributed by atoms with Crippen molar-refractivity contribution < 1.29 is 21.1 Å². The molecule has 0 saturated heterocycles. The Labute approximate surface area is 77.9 Å². The van der Waals surface area contributed by atoms with E-state index in [0.29, 0.717) is 0 Å². The SMILES string of the molecule is [CH2-]Cc1ccccc1.[CH3-].[W+2]. The molecule has 0 saturated carbocycles. The molecule has 54 valence electrons. The standard InChI is InChI=1S/C8H9.CH3.W/c1-2-8-6-4-3-5-7-8;;/h3-7H,1-2H2;1H3;/q2*-1;+2. The normalized spacial score (nSPS) is 7.30. The molecule has 0 aromatic heterocycles. The molecule has 1 aromatic carbocycles. The summed E-state index contributed by atoms with van der Waals surface area (Å²) in [6, 6.07) is 10.2. The summed E-state index contributed by atoms with van der Waals surface area (Å²) in [5.74, 6) is 0. The number of benzene rings is 1. The predicted molar refractivity (Wildman–Crippen MR) is 41.9 cm³/mol. The van der Waals surface area contributed by atoms with Gasteiger partial charge < -0.3 is 14.4 Å². The van der Waals surface area contributed by atoms with Crippen molar-refractivity contribution in [3.05, 3.63) is 50.2 Å². The quantitative estimate of drug-likeness (QED) is 0.699. The van der Waals surface area contributed by atoms with E-state index in [0.717, 1.165) is 6.42 Å². The van der Waals surface area contributed by atoms with Crippen molar-refractivity contribution in [1.82, 2.24) is 0 Å². The minimum Gasteiger partial charge on any atom is -0.358 e. The van der Waals surface area contributed by atoms with E-state index >= 15 is 0 Å². The molecule has 0 unspecified atom stereocenters. The number of hydrogen-bond acceptors (Lipinski definition) is 0. The van der Waals surface area contributed by atoms with Crippen LogP contribution >= 0.6 is 0 Å². The predicted octanol–water partition coefficient (Wildman–Crippen LogP) is 2.51. The van der Waals surface area contributed by atoms with Gasteiger partial charge in [0.1, 0.15) is 0 Å². The van der Waals surface area contributed by atoms with Crippen molar-refractivity contribution in [2.45, 2.75) is 6.42 Å². The van der Waals surface area contributed by atoms with Crippen molar-refractivity contribution in [3.8, 4) is 0 Å². The van der Waals surface area contributed by atoms with Crippen molar-refractivity contribution in [1.29, 1.82) is 0 Å². The molecule has 0 N–H and O–H groups in total. The van der Waals surface area contributed by atoms with Gasteiger partial charge in [-0.2, -0.15) is 6.42 Å². The fourth-order valence-corrected chi connectivity index (χ4v) is 0.645. The second-order valence-corrected chi connectivity index (χ2v) is 1.74. The molecule has 0 atom stereocenters. The molecule has 0 radical (unpaired) electrons. The Kier molecular flexibility index (Phi) is 8.83. The minimum absolute atomic E-state index is 0. The first-order valence-electron chi connectivity index (χ1n) is 2.76. The molecular weight excluding hydrogens is 292 g/mol. The molecule has 0 aliphatic heterocycles. The van der Waals surface area contributed by atoms with E-state index in [4.69, 9.17) is 0 Å². The van der Waals surface area contributed by atoms with Crippen molar-refractivity contribution in [2.24, 2.45) is 0 Å². The van der Waals surface area contributed by atoms with Gasteiger partial charge in [-0.15, -0.1) is 0 Å². The van der Waals surface area contributed by atoms with Gasteiger partial charge in [0, 0.05) is 0 Å². The van der Waals surface area contributed by atoms with E-state index in [1.165, 1.54) is 5.56 Å². The Hall–Kier alpha value is -0.0917. The maximum atomic E-state index is 3.76. The van der Waals surface area contributed by atoms with Crippen LogP contribution in [0.1, 0.15) is 5.56 Å². The van der Waals surface area contributed by atoms with Gasteiger partial charge >= 0.3 is 21.1 Å². The zero-order chi connectivity index (χ0) is 5.82. The second kappa shape index (κ2) is 7.02. The molecule has 0 amide bonds. The first-order chi connectivity index (χ1) is 3.93. The van der Waals surface area contributed by atoms with Gasteiger partial charge in [-0.3, -0.25) is 0 Å². The van der Waals surface area contributed by atoms with Crippen LogP contribution in [0.5, 0.6) is 0 Å². The van der Waals surface area contributed by atoms with Crippen molar-refractivity contribution >= 4 is 0 Å². The van der Waals surface area contributed by atoms with E-state index < -0.39 is 0 Å². The van der Waals surface area contributed by atoms with Gasteiger partial charge in [0.25, 0.3) is 0 Å². The van der Waals surface area contributed by atoms with Crippen LogP contribution in [-0.4, -0.2) is 0 Å². The van der Waals surface area contributed by atoms with E-state index in [1.807, 2.05) is 18.2 Å². The van der Waals surface area contributed by atoms with Crippen LogP contribution in [0.3, 0.4) is 0 Å². The van der Waals surface area contributed by atoms with Gasteiger partial charge in [-0.05, 0) is 0 Å². The molecule has 0 fully saturated rings. The summed E-state index contributed by atoms with van der Waals surface area (Å²) in [4.78, 5) is 0. The van der Waals surface area contributed by atoms with Crippen LogP contribution in [0.4, 0.5) is 0 Å². The van der Waals surface area contributed by atoms with E-state index in [2.05, 4.69) is 19.1 Å². The summed E-state index contributed by atoms with van der Waals surface area (Å²) >= 11 is 0. The zero-order valence-electron chi connectivity index (χ0n) is 6.21. The third kappa shape index (κ3) is 3.84. The van der Waals surface area contributed by atoms with Crippen LogP contribution in [0.15, 0.2) is 30.3 Å². The maximum absolute atomic E-state index is 3.76. The zero-order valence-corrected chi connectivity index (χ0v) is 9.14. The fraction of sp³-hybridized carbons (Fsp3) is 0.111. The van der Waals surface area contributed by atoms with Crippen molar-refractivity contribution in [2.75, 3.05) is 0 Å². The maximum Gasteiger partial charge on any atom is 2.00 e. The average molecular weight is 304 g/mol. The van der Waals surface area contributed by atoms with Gasteiger partial charge in [0.15, 0.2) is 0 Å². The number of rotatable bonds is 1. The third-order valence-corrected chi connectivity index (χ3v) is 1.13. The van der Waals surface area contributed by atoms with Crippen LogP contribution in [0.25, 0.3) is 0 Å². The van der Waals surface area contributed by atoms with Gasteiger partial charge in [-0.25, -0.2) is 0 Å². The van der Waals surface area contributed by atoms with Crippen LogP contribution in [0, 0.1) is 14.4 Å². The van der Waals surface area contributed by atoms with Gasteiger partial charge in [0.2, 0.25) is 0 Å². The first kappa shape index (κ1) is 12.6. The van der Waals surface area contributed by atoms with E-state index in [1.54, 1.807) is 0 Å². The first-order valence-corrected chi connectivity index (χ1v) is 2.76. The van der Waals surface area contributed by atoms with Crippen molar-refractivity contribution in [3.63, 3.8) is 0 Å². The summed E-state index contributed by atoms with van der Waals surface area (Å²) in [6.45, 7) is 3.76. The smallest absolute Gasteiger partial charge is 0.358 e. The molecular formula is C9H12W. The van der Waals surface area contributed by atoms with Crippen LogP contribution in [-0.2, 0) is 27.5 Å². The molecule has 0 aliphatic rings. The summed E-state index contributed by atoms with van der Waals surface area (Å²) in [7, 11) is 0. The molecule has 0 spiro atoms. The largest absolute Gasteiger partial charge is 2.00 e. The summed E-state index contributed by atoms with van der Waals surface area (Å²) in [6.07, 6.45) is 0.890. The molecule has 1 rings (SSSR count). The van der Waals surface area contributed by atoms with Crippen LogP contribution in [0.2, 0.25) is 0 Å². The Bertz CT molecular complexity index is 146. The Morgan fingerprint density at radius 2 is 1.60 bits per heavy atom. The fourth-order valence-electron chi connectivity index (χ4n) is 0.645. The summed E-state index contributed by atoms with van der Waals surface area (Å²) < 4.78 is 0. The molecule has 10 heavy (non-hydrogen) atoms. The topological polar surface area (TPSA) is 0 Å². The summed E-state index contributed by atoms with van der Waals surface area (Å²) in [5.41, 5.74) is 1.30. The summed E-state index contributed by atoms with van der Waals surface area (Å²) in [5, 5.41) is 0. The Balaban J connectivity index is 0. The van der Waals surface area contributed by atoms with Crippen LogP contribution < -0.4 is 0 Å². The Morgan fingerprint density at radius 1 is 1.10 bits per heavy atom. The van der Waals surface area contributed by atoms with Gasteiger partial charge in [0.05, 0.1) is 0 Å².